The monoisotopic (exact) mass is 312 g/mol. The molecule has 1 unspecified atom stereocenters. The van der Waals surface area contributed by atoms with Crippen molar-refractivity contribution < 1.29 is 20.4 Å². The Morgan fingerprint density at radius 3 is 1.68 bits per heavy atom. The Morgan fingerprint density at radius 1 is 0.909 bits per heavy atom. The van der Waals surface area contributed by atoms with Gasteiger partial charge in [0.2, 0.25) is 0 Å². The molecule has 0 radical (unpaired) electrons. The molecular weight excluding hydrogens is 280 g/mol. The maximum atomic E-state index is 11.4. The van der Waals surface area contributed by atoms with E-state index in [1.807, 2.05) is 32.9 Å². The zero-order valence-electron chi connectivity index (χ0n) is 14.8. The van der Waals surface area contributed by atoms with Crippen LogP contribution in [0.25, 0.3) is 0 Å². The summed E-state index contributed by atoms with van der Waals surface area (Å²) in [4.78, 5) is 0. The molecule has 22 heavy (non-hydrogen) atoms. The molecule has 0 fully saturated rings. The Balaban J connectivity index is 3.52. The molecule has 128 valence electrons. The second kappa shape index (κ2) is 6.08. The van der Waals surface area contributed by atoms with Crippen LogP contribution in [0, 0.1) is 16.2 Å². The molecule has 0 heterocycles. The first-order valence-corrected chi connectivity index (χ1v) is 7.86. The van der Waals surface area contributed by atoms with Crippen molar-refractivity contribution in [3.8, 4) is 0 Å². The van der Waals surface area contributed by atoms with E-state index < -0.39 is 30.8 Å². The Morgan fingerprint density at radius 2 is 1.36 bits per heavy atom. The van der Waals surface area contributed by atoms with Crippen molar-refractivity contribution in [3.05, 3.63) is 23.3 Å². The van der Waals surface area contributed by atoms with Gasteiger partial charge < -0.3 is 20.4 Å². The van der Waals surface area contributed by atoms with Crippen LogP contribution in [0.1, 0.15) is 48.0 Å². The summed E-state index contributed by atoms with van der Waals surface area (Å²) >= 11 is 0. The fourth-order valence-corrected chi connectivity index (χ4v) is 3.11. The summed E-state index contributed by atoms with van der Waals surface area (Å²) in [6.07, 6.45) is 4.19. The Labute approximate surface area is 134 Å². The summed E-state index contributed by atoms with van der Waals surface area (Å²) in [7, 11) is 0. The minimum absolute atomic E-state index is 0.0574. The highest BCUT2D eigenvalue weighted by molar-refractivity contribution is 5.42. The van der Waals surface area contributed by atoms with Crippen LogP contribution in [0.15, 0.2) is 23.3 Å². The number of aliphatic hydroxyl groups excluding tert-OH is 3. The Kier molecular flexibility index (Phi) is 5.35. The molecule has 4 nitrogen and oxygen atoms in total. The van der Waals surface area contributed by atoms with Crippen molar-refractivity contribution in [1.29, 1.82) is 0 Å². The first-order valence-electron chi connectivity index (χ1n) is 7.86. The third kappa shape index (κ3) is 3.16. The van der Waals surface area contributed by atoms with Gasteiger partial charge in [-0.25, -0.2) is 0 Å². The number of hydrogen-bond acceptors (Lipinski definition) is 4. The van der Waals surface area contributed by atoms with Crippen molar-refractivity contribution in [2.24, 2.45) is 16.2 Å². The van der Waals surface area contributed by atoms with E-state index in [2.05, 4.69) is 20.8 Å². The Bertz CT molecular complexity index is 450. The van der Waals surface area contributed by atoms with Crippen LogP contribution in [-0.4, -0.2) is 45.8 Å². The van der Waals surface area contributed by atoms with Crippen molar-refractivity contribution in [3.63, 3.8) is 0 Å². The van der Waals surface area contributed by atoms with Gasteiger partial charge in [-0.15, -0.1) is 0 Å². The van der Waals surface area contributed by atoms with Gasteiger partial charge in [0.15, 0.2) is 0 Å². The minimum atomic E-state index is -1.47. The van der Waals surface area contributed by atoms with E-state index in [0.717, 1.165) is 11.1 Å². The molecule has 1 aliphatic rings. The predicted octanol–water partition coefficient (Wildman–Crippen LogP) is 2.03. The first-order chi connectivity index (χ1) is 9.88. The van der Waals surface area contributed by atoms with E-state index in [4.69, 9.17) is 0 Å². The number of hydrogen-bond donors (Lipinski definition) is 4. The van der Waals surface area contributed by atoms with E-state index in [1.54, 1.807) is 0 Å². The molecule has 4 heteroatoms. The van der Waals surface area contributed by atoms with Crippen LogP contribution >= 0.6 is 0 Å². The quantitative estimate of drug-likeness (QED) is 0.640. The van der Waals surface area contributed by atoms with Crippen LogP contribution in [0.5, 0.6) is 0 Å². The highest BCUT2D eigenvalue weighted by Gasteiger charge is 2.54. The van der Waals surface area contributed by atoms with E-state index >= 15 is 0 Å². The average Bonchev–Trinajstić information content (AvgIpc) is 2.38. The molecule has 1 rings (SSSR count). The van der Waals surface area contributed by atoms with Crippen LogP contribution in [0.2, 0.25) is 0 Å². The third-order valence-electron chi connectivity index (χ3n) is 4.82. The van der Waals surface area contributed by atoms with Gasteiger partial charge in [-0.2, -0.15) is 0 Å². The number of rotatable bonds is 4. The molecule has 0 aromatic rings. The van der Waals surface area contributed by atoms with Gasteiger partial charge in [0, 0.05) is 0 Å². The molecule has 0 amide bonds. The maximum absolute atomic E-state index is 11.4. The van der Waals surface area contributed by atoms with Crippen LogP contribution in [0.3, 0.4) is 0 Å². The van der Waals surface area contributed by atoms with Gasteiger partial charge in [-0.3, -0.25) is 0 Å². The van der Waals surface area contributed by atoms with Gasteiger partial charge >= 0.3 is 0 Å². The molecule has 0 saturated carbocycles. The molecule has 0 aliphatic heterocycles. The smallest absolute Gasteiger partial charge is 0.102 e. The van der Waals surface area contributed by atoms with Gasteiger partial charge in [0.05, 0.1) is 25.2 Å². The van der Waals surface area contributed by atoms with Gasteiger partial charge in [-0.05, 0) is 28.4 Å². The summed E-state index contributed by atoms with van der Waals surface area (Å²) in [5, 5.41) is 40.7. The minimum Gasteiger partial charge on any atom is -0.395 e. The summed E-state index contributed by atoms with van der Waals surface area (Å²) in [6.45, 7) is 10.9. The molecule has 0 aromatic heterocycles. The molecule has 1 atom stereocenters. The highest BCUT2D eigenvalue weighted by Crippen LogP contribution is 2.50. The predicted molar refractivity (Wildman–Crippen MR) is 88.3 cm³/mol. The number of allylic oxidation sites excluding steroid dienone is 2. The van der Waals surface area contributed by atoms with E-state index in [9.17, 15) is 20.4 Å². The van der Waals surface area contributed by atoms with E-state index in [0.29, 0.717) is 0 Å². The Hall–Kier alpha value is -0.680. The fourth-order valence-electron chi connectivity index (χ4n) is 3.11. The largest absolute Gasteiger partial charge is 0.395 e. The van der Waals surface area contributed by atoms with Crippen LogP contribution in [0.4, 0.5) is 0 Å². The van der Waals surface area contributed by atoms with E-state index in [-0.39, 0.29) is 17.3 Å². The maximum Gasteiger partial charge on any atom is 0.102 e. The molecule has 4 N–H and O–H groups in total. The zero-order chi connectivity index (χ0) is 17.4. The zero-order valence-corrected chi connectivity index (χ0v) is 14.8. The second-order valence-electron chi connectivity index (χ2n) is 8.54. The lowest BCUT2D eigenvalue weighted by Gasteiger charge is -2.51. The van der Waals surface area contributed by atoms with Crippen molar-refractivity contribution in [2.45, 2.75) is 53.6 Å². The lowest BCUT2D eigenvalue weighted by molar-refractivity contribution is -0.138. The molecule has 1 aliphatic carbocycles. The van der Waals surface area contributed by atoms with Crippen LogP contribution in [-0.2, 0) is 0 Å². The SMILES string of the molecule is CC(C)(C)C1=CCC(O)(C(CO)(CO)CO)C(C(C)(C)C)=C1. The van der Waals surface area contributed by atoms with Gasteiger partial charge in [0.1, 0.15) is 5.60 Å². The highest BCUT2D eigenvalue weighted by atomic mass is 16.3. The molecule has 0 bridgehead atoms. The second-order valence-corrected chi connectivity index (χ2v) is 8.54. The normalized spacial score (nSPS) is 24.1. The van der Waals surface area contributed by atoms with Crippen molar-refractivity contribution >= 4 is 0 Å². The van der Waals surface area contributed by atoms with Gasteiger partial charge in [-0.1, -0.05) is 53.7 Å². The summed E-state index contributed by atoms with van der Waals surface area (Å²) < 4.78 is 0. The fraction of sp³-hybridized carbons (Fsp3) is 0.778. The lowest BCUT2D eigenvalue weighted by Crippen LogP contribution is -2.59. The third-order valence-corrected chi connectivity index (χ3v) is 4.82. The van der Waals surface area contributed by atoms with E-state index in [1.165, 1.54) is 0 Å². The first kappa shape index (κ1) is 19.4. The molecule has 0 saturated heterocycles. The summed E-state index contributed by atoms with van der Waals surface area (Å²) in [6, 6.07) is 0. The lowest BCUT2D eigenvalue weighted by atomic mass is 9.59. The summed E-state index contributed by atoms with van der Waals surface area (Å²) in [5.74, 6) is 0. The van der Waals surface area contributed by atoms with Crippen molar-refractivity contribution in [2.75, 3.05) is 19.8 Å². The average molecular weight is 312 g/mol. The van der Waals surface area contributed by atoms with Crippen molar-refractivity contribution in [1.82, 2.24) is 0 Å². The van der Waals surface area contributed by atoms with Gasteiger partial charge in [0.25, 0.3) is 0 Å². The molecule has 0 aromatic carbocycles. The topological polar surface area (TPSA) is 80.9 Å². The summed E-state index contributed by atoms with van der Waals surface area (Å²) in [5.41, 5.74) is -1.40. The number of aliphatic hydroxyl groups is 4. The molecule has 0 spiro atoms. The standard InChI is InChI=1S/C18H32O4/c1-15(2,3)13-7-8-18(22,14(9-13)16(4,5)6)17(10-19,11-20)12-21/h7,9,19-22H,8,10-12H2,1-6H3. The molecular formula is C18H32O4. The van der Waals surface area contributed by atoms with Crippen LogP contribution < -0.4 is 0 Å².